The molecule has 2 heterocycles. The Morgan fingerprint density at radius 2 is 1.28 bits per heavy atom. The molecule has 1 aromatic carbocycles. The van der Waals surface area contributed by atoms with Gasteiger partial charge in [0.25, 0.3) is 0 Å². The number of hydrogen-bond acceptors (Lipinski definition) is 4. The third-order valence-corrected chi connectivity index (χ3v) is 4.98. The van der Waals surface area contributed by atoms with Crippen molar-refractivity contribution in [2.75, 3.05) is 64.4 Å². The number of methoxy groups -OCH3 is 1. The van der Waals surface area contributed by atoms with Gasteiger partial charge in [-0.05, 0) is 24.3 Å². The number of piperazine rings is 2. The summed E-state index contributed by atoms with van der Waals surface area (Å²) in [5, 5.41) is 0. The van der Waals surface area contributed by atoms with Gasteiger partial charge in [0.1, 0.15) is 5.75 Å². The molecule has 2 aliphatic rings. The number of hydrogen-bond donors (Lipinski definition) is 0. The molecule has 3 amide bonds. The fourth-order valence-electron chi connectivity index (χ4n) is 3.36. The molecule has 0 N–H and O–H groups in total. The van der Waals surface area contributed by atoms with Crippen LogP contribution < -0.4 is 9.64 Å². The van der Waals surface area contributed by atoms with E-state index < -0.39 is 0 Å². The Morgan fingerprint density at radius 1 is 0.800 bits per heavy atom. The highest BCUT2D eigenvalue weighted by Crippen LogP contribution is 2.21. The van der Waals surface area contributed by atoms with Gasteiger partial charge in [0.2, 0.25) is 5.91 Å². The molecule has 0 atom stereocenters. The molecule has 7 heteroatoms. The summed E-state index contributed by atoms with van der Waals surface area (Å²) < 4.78 is 5.19. The predicted molar refractivity (Wildman–Crippen MR) is 96.0 cm³/mol. The highest BCUT2D eigenvalue weighted by atomic mass is 16.5. The second-order valence-electron chi connectivity index (χ2n) is 6.45. The van der Waals surface area contributed by atoms with Crippen molar-refractivity contribution >= 4 is 17.6 Å². The van der Waals surface area contributed by atoms with E-state index in [1.807, 2.05) is 21.9 Å². The summed E-state index contributed by atoms with van der Waals surface area (Å²) in [5.41, 5.74) is 1.16. The number of benzene rings is 1. The molecule has 3 rings (SSSR count). The Kier molecular flexibility index (Phi) is 5.31. The van der Waals surface area contributed by atoms with Crippen LogP contribution in [0.15, 0.2) is 24.3 Å². The lowest BCUT2D eigenvalue weighted by atomic mass is 10.2. The lowest BCUT2D eigenvalue weighted by molar-refractivity contribution is -0.130. The number of anilines is 1. The average Bonchev–Trinajstić information content (AvgIpc) is 2.67. The average molecular weight is 346 g/mol. The van der Waals surface area contributed by atoms with Gasteiger partial charge in [-0.1, -0.05) is 0 Å². The van der Waals surface area contributed by atoms with E-state index in [9.17, 15) is 9.59 Å². The number of carbonyl (C=O) groups excluding carboxylic acids is 2. The SMILES string of the molecule is COc1ccc(N2CCN(C(=O)N3CCN(C(C)=O)CC3)CC2)cc1. The molecule has 0 aliphatic carbocycles. The fraction of sp³-hybridized carbons (Fsp3) is 0.556. The minimum Gasteiger partial charge on any atom is -0.497 e. The topological polar surface area (TPSA) is 56.3 Å². The van der Waals surface area contributed by atoms with E-state index >= 15 is 0 Å². The number of carbonyl (C=O) groups is 2. The number of nitrogens with zero attached hydrogens (tertiary/aromatic N) is 4. The molecule has 0 aromatic heterocycles. The molecule has 2 fully saturated rings. The van der Waals surface area contributed by atoms with Gasteiger partial charge in [-0.15, -0.1) is 0 Å². The summed E-state index contributed by atoms with van der Waals surface area (Å²) in [7, 11) is 1.66. The van der Waals surface area contributed by atoms with Gasteiger partial charge >= 0.3 is 6.03 Å². The van der Waals surface area contributed by atoms with Gasteiger partial charge in [-0.25, -0.2) is 4.79 Å². The Labute approximate surface area is 148 Å². The van der Waals surface area contributed by atoms with Crippen molar-refractivity contribution < 1.29 is 14.3 Å². The molecule has 25 heavy (non-hydrogen) atoms. The van der Waals surface area contributed by atoms with Crippen molar-refractivity contribution in [1.82, 2.24) is 14.7 Å². The van der Waals surface area contributed by atoms with Crippen LogP contribution in [0.4, 0.5) is 10.5 Å². The lowest BCUT2D eigenvalue weighted by Gasteiger charge is -2.41. The van der Waals surface area contributed by atoms with E-state index in [2.05, 4.69) is 17.0 Å². The summed E-state index contributed by atoms with van der Waals surface area (Å²) in [6.07, 6.45) is 0. The van der Waals surface area contributed by atoms with Gasteiger partial charge in [-0.2, -0.15) is 0 Å². The standard InChI is InChI=1S/C18H26N4O3/c1-15(23)19-7-11-21(12-8-19)18(24)22-13-9-20(10-14-22)16-3-5-17(25-2)6-4-16/h3-6H,7-14H2,1-2H3. The first-order chi connectivity index (χ1) is 12.1. The van der Waals surface area contributed by atoms with Crippen LogP contribution in [0.25, 0.3) is 0 Å². The van der Waals surface area contributed by atoms with Crippen LogP contribution in [0.2, 0.25) is 0 Å². The summed E-state index contributed by atoms with van der Waals surface area (Å²) >= 11 is 0. The zero-order valence-electron chi connectivity index (χ0n) is 15.0. The Morgan fingerprint density at radius 3 is 1.76 bits per heavy atom. The normalized spacial score (nSPS) is 18.3. The molecule has 0 unspecified atom stereocenters. The van der Waals surface area contributed by atoms with Crippen molar-refractivity contribution in [3.05, 3.63) is 24.3 Å². The summed E-state index contributed by atoms with van der Waals surface area (Å²) in [6, 6.07) is 8.12. The molecule has 0 spiro atoms. The van der Waals surface area contributed by atoms with Crippen LogP contribution in [0.1, 0.15) is 6.92 Å². The van der Waals surface area contributed by atoms with Gasteiger partial charge in [0.15, 0.2) is 0 Å². The molecule has 1 aromatic rings. The summed E-state index contributed by atoms with van der Waals surface area (Å²) in [4.78, 5) is 31.9. The van der Waals surface area contributed by atoms with Crippen LogP contribution in [-0.4, -0.2) is 86.1 Å². The monoisotopic (exact) mass is 346 g/mol. The van der Waals surface area contributed by atoms with E-state index in [4.69, 9.17) is 4.74 Å². The van der Waals surface area contributed by atoms with Gasteiger partial charge in [0.05, 0.1) is 7.11 Å². The number of amides is 3. The maximum Gasteiger partial charge on any atom is 0.320 e. The maximum absolute atomic E-state index is 12.7. The van der Waals surface area contributed by atoms with E-state index in [1.165, 1.54) is 0 Å². The van der Waals surface area contributed by atoms with E-state index in [1.54, 1.807) is 18.9 Å². The van der Waals surface area contributed by atoms with Crippen molar-refractivity contribution in [2.45, 2.75) is 6.92 Å². The third kappa shape index (κ3) is 3.97. The zero-order valence-corrected chi connectivity index (χ0v) is 15.0. The van der Waals surface area contributed by atoms with Crippen LogP contribution in [0.3, 0.4) is 0 Å². The van der Waals surface area contributed by atoms with Crippen molar-refractivity contribution in [2.24, 2.45) is 0 Å². The molecule has 2 aliphatic heterocycles. The van der Waals surface area contributed by atoms with Crippen molar-refractivity contribution in [3.63, 3.8) is 0 Å². The second-order valence-corrected chi connectivity index (χ2v) is 6.45. The first kappa shape index (κ1) is 17.4. The Balaban J connectivity index is 1.50. The van der Waals surface area contributed by atoms with Gasteiger partial charge in [-0.3, -0.25) is 4.79 Å². The van der Waals surface area contributed by atoms with Crippen molar-refractivity contribution in [1.29, 1.82) is 0 Å². The first-order valence-corrected chi connectivity index (χ1v) is 8.77. The fourth-order valence-corrected chi connectivity index (χ4v) is 3.36. The first-order valence-electron chi connectivity index (χ1n) is 8.77. The molecular formula is C18H26N4O3. The highest BCUT2D eigenvalue weighted by Gasteiger charge is 2.28. The quantitative estimate of drug-likeness (QED) is 0.805. The minimum atomic E-state index is 0.0835. The van der Waals surface area contributed by atoms with E-state index in [0.717, 1.165) is 37.6 Å². The van der Waals surface area contributed by atoms with E-state index in [-0.39, 0.29) is 11.9 Å². The third-order valence-electron chi connectivity index (χ3n) is 4.98. The largest absolute Gasteiger partial charge is 0.497 e. The van der Waals surface area contributed by atoms with Crippen LogP contribution >= 0.6 is 0 Å². The lowest BCUT2D eigenvalue weighted by Crippen LogP contribution is -2.57. The second kappa shape index (κ2) is 7.63. The highest BCUT2D eigenvalue weighted by molar-refractivity contribution is 5.76. The minimum absolute atomic E-state index is 0.0835. The number of rotatable bonds is 2. The molecule has 2 saturated heterocycles. The number of ether oxygens (including phenoxy) is 1. The predicted octanol–water partition coefficient (Wildman–Crippen LogP) is 1.10. The summed E-state index contributed by atoms with van der Waals surface area (Å²) in [5.74, 6) is 0.933. The molecular weight excluding hydrogens is 320 g/mol. The summed E-state index contributed by atoms with van der Waals surface area (Å²) in [6.45, 7) is 7.18. The zero-order chi connectivity index (χ0) is 17.8. The Bertz CT molecular complexity index is 603. The van der Waals surface area contributed by atoms with Crippen LogP contribution in [-0.2, 0) is 4.79 Å². The molecule has 0 radical (unpaired) electrons. The molecule has 0 bridgehead atoms. The van der Waals surface area contributed by atoms with Crippen molar-refractivity contribution in [3.8, 4) is 5.75 Å². The molecule has 136 valence electrons. The van der Waals surface area contributed by atoms with Crippen LogP contribution in [0, 0.1) is 0 Å². The maximum atomic E-state index is 12.7. The van der Waals surface area contributed by atoms with E-state index in [0.29, 0.717) is 26.2 Å². The smallest absolute Gasteiger partial charge is 0.320 e. The molecule has 0 saturated carbocycles. The van der Waals surface area contributed by atoms with Crippen LogP contribution in [0.5, 0.6) is 5.75 Å². The number of urea groups is 1. The van der Waals surface area contributed by atoms with Gasteiger partial charge in [0, 0.05) is 65.0 Å². The Hall–Kier alpha value is -2.44. The van der Waals surface area contributed by atoms with Gasteiger partial charge < -0.3 is 24.3 Å². The molecule has 7 nitrogen and oxygen atoms in total.